The maximum atomic E-state index is 6.10. The van der Waals surface area contributed by atoms with Crippen LogP contribution in [0.25, 0.3) is 0 Å². The van der Waals surface area contributed by atoms with E-state index in [1.165, 1.54) is 0 Å². The summed E-state index contributed by atoms with van der Waals surface area (Å²) in [6.07, 6.45) is 6.83. The van der Waals surface area contributed by atoms with Crippen LogP contribution in [0, 0.1) is 0 Å². The first-order chi connectivity index (χ1) is 8.17. The van der Waals surface area contributed by atoms with Gasteiger partial charge in [-0.15, -0.1) is 0 Å². The van der Waals surface area contributed by atoms with Gasteiger partial charge in [0.05, 0.1) is 11.1 Å². The second-order valence-electron chi connectivity index (χ2n) is 4.28. The summed E-state index contributed by atoms with van der Waals surface area (Å²) < 4.78 is 5.26. The highest BCUT2D eigenvalue weighted by Crippen LogP contribution is 2.17. The number of nitrogens with one attached hydrogen (secondary N) is 1. The summed E-state index contributed by atoms with van der Waals surface area (Å²) in [4.78, 5) is 3.99. The fraction of sp³-hybridized carbons (Fsp3) is 0.615. The summed E-state index contributed by atoms with van der Waals surface area (Å²) in [6, 6.07) is 2.40. The van der Waals surface area contributed by atoms with Crippen LogP contribution in [0.5, 0.6) is 0 Å². The van der Waals surface area contributed by atoms with Gasteiger partial charge in [0.1, 0.15) is 0 Å². The number of likely N-dealkylation sites (N-methyl/N-ethyl adjacent to an activating group) is 1. The van der Waals surface area contributed by atoms with Crippen molar-refractivity contribution < 1.29 is 4.74 Å². The first-order valence-corrected chi connectivity index (χ1v) is 6.33. The topological polar surface area (TPSA) is 34.1 Å². The van der Waals surface area contributed by atoms with Gasteiger partial charge in [0, 0.05) is 25.5 Å². The van der Waals surface area contributed by atoms with Crippen molar-refractivity contribution in [2.24, 2.45) is 0 Å². The summed E-state index contributed by atoms with van der Waals surface area (Å²) in [5.74, 6) is 0. The second kappa shape index (κ2) is 7.64. The molecule has 0 aliphatic rings. The minimum absolute atomic E-state index is 0.304. The van der Waals surface area contributed by atoms with Crippen molar-refractivity contribution in [2.75, 3.05) is 14.2 Å². The van der Waals surface area contributed by atoms with Gasteiger partial charge in [-0.25, -0.2) is 0 Å². The smallest absolute Gasteiger partial charge is 0.0621 e. The Labute approximate surface area is 109 Å². The van der Waals surface area contributed by atoms with Crippen LogP contribution in [0.3, 0.4) is 0 Å². The minimum atomic E-state index is 0.304. The summed E-state index contributed by atoms with van der Waals surface area (Å²) in [6.45, 7) is 2.09. The summed E-state index contributed by atoms with van der Waals surface area (Å²) >= 11 is 6.10. The maximum absolute atomic E-state index is 6.10. The second-order valence-corrected chi connectivity index (χ2v) is 4.69. The van der Waals surface area contributed by atoms with Gasteiger partial charge in [0.2, 0.25) is 0 Å². The molecule has 0 radical (unpaired) electrons. The zero-order chi connectivity index (χ0) is 12.7. The van der Waals surface area contributed by atoms with Crippen LogP contribution in [0.15, 0.2) is 18.5 Å². The van der Waals surface area contributed by atoms with Crippen molar-refractivity contribution in [1.82, 2.24) is 10.3 Å². The van der Waals surface area contributed by atoms with Gasteiger partial charge in [-0.2, -0.15) is 0 Å². The van der Waals surface area contributed by atoms with Crippen LogP contribution in [0.4, 0.5) is 0 Å². The lowest BCUT2D eigenvalue weighted by atomic mass is 10.0. The molecule has 2 atom stereocenters. The molecule has 1 aromatic heterocycles. The van der Waals surface area contributed by atoms with Gasteiger partial charge >= 0.3 is 0 Å². The molecule has 0 saturated carbocycles. The molecule has 0 amide bonds. The molecule has 0 aliphatic carbocycles. The lowest BCUT2D eigenvalue weighted by Gasteiger charge is -2.18. The van der Waals surface area contributed by atoms with Crippen LogP contribution < -0.4 is 5.32 Å². The number of halogens is 1. The van der Waals surface area contributed by atoms with Crippen LogP contribution in [0.1, 0.15) is 25.3 Å². The number of ether oxygens (including phenoxy) is 1. The molecule has 1 aromatic rings. The molecule has 0 spiro atoms. The van der Waals surface area contributed by atoms with E-state index in [0.29, 0.717) is 12.1 Å². The monoisotopic (exact) mass is 256 g/mol. The van der Waals surface area contributed by atoms with Crippen molar-refractivity contribution in [3.63, 3.8) is 0 Å². The molecule has 1 heterocycles. The molecule has 17 heavy (non-hydrogen) atoms. The van der Waals surface area contributed by atoms with E-state index in [0.717, 1.165) is 29.8 Å². The molecule has 0 fully saturated rings. The molecular weight excluding hydrogens is 236 g/mol. The predicted molar refractivity (Wildman–Crippen MR) is 71.5 cm³/mol. The van der Waals surface area contributed by atoms with E-state index in [1.807, 2.05) is 13.1 Å². The van der Waals surface area contributed by atoms with Gasteiger partial charge in [-0.3, -0.25) is 4.98 Å². The Morgan fingerprint density at radius 1 is 1.47 bits per heavy atom. The summed E-state index contributed by atoms with van der Waals surface area (Å²) in [5, 5.41) is 4.07. The third-order valence-corrected chi connectivity index (χ3v) is 3.40. The molecular formula is C13H21ClN2O. The van der Waals surface area contributed by atoms with E-state index in [2.05, 4.69) is 17.2 Å². The largest absolute Gasteiger partial charge is 0.382 e. The summed E-state index contributed by atoms with van der Waals surface area (Å²) in [7, 11) is 3.73. The number of rotatable bonds is 7. The van der Waals surface area contributed by atoms with Gasteiger partial charge in [-0.05, 0) is 44.9 Å². The summed E-state index contributed by atoms with van der Waals surface area (Å²) in [5.41, 5.74) is 1.14. The molecule has 1 rings (SSSR count). The van der Waals surface area contributed by atoms with E-state index < -0.39 is 0 Å². The first-order valence-electron chi connectivity index (χ1n) is 5.95. The van der Waals surface area contributed by atoms with Gasteiger partial charge in [0.25, 0.3) is 0 Å². The van der Waals surface area contributed by atoms with Gasteiger partial charge in [0.15, 0.2) is 0 Å². The van der Waals surface area contributed by atoms with Gasteiger partial charge < -0.3 is 10.1 Å². The lowest BCUT2D eigenvalue weighted by molar-refractivity contribution is 0.106. The minimum Gasteiger partial charge on any atom is -0.382 e. The average Bonchev–Trinajstić information content (AvgIpc) is 2.36. The Hall–Kier alpha value is -0.640. The van der Waals surface area contributed by atoms with Crippen molar-refractivity contribution in [3.05, 3.63) is 29.0 Å². The number of aromatic nitrogens is 1. The fourth-order valence-corrected chi connectivity index (χ4v) is 1.93. The lowest BCUT2D eigenvalue weighted by Crippen LogP contribution is -2.28. The molecule has 2 unspecified atom stereocenters. The number of hydrogen-bond acceptors (Lipinski definition) is 3. The number of hydrogen-bond donors (Lipinski definition) is 1. The Kier molecular flexibility index (Phi) is 6.48. The van der Waals surface area contributed by atoms with E-state index >= 15 is 0 Å². The quantitative estimate of drug-likeness (QED) is 0.815. The van der Waals surface area contributed by atoms with E-state index in [-0.39, 0.29) is 0 Å². The third kappa shape index (κ3) is 5.02. The maximum Gasteiger partial charge on any atom is 0.0621 e. The molecule has 0 saturated heterocycles. The fourth-order valence-electron chi connectivity index (χ4n) is 1.74. The zero-order valence-electron chi connectivity index (χ0n) is 10.7. The van der Waals surface area contributed by atoms with Crippen molar-refractivity contribution >= 4 is 11.6 Å². The Bertz CT molecular complexity index is 333. The van der Waals surface area contributed by atoms with Crippen LogP contribution >= 0.6 is 11.6 Å². The number of nitrogens with zero attached hydrogens (tertiary/aromatic N) is 1. The Morgan fingerprint density at radius 2 is 2.24 bits per heavy atom. The van der Waals surface area contributed by atoms with Crippen molar-refractivity contribution in [2.45, 2.75) is 38.3 Å². The first kappa shape index (κ1) is 14.4. The highest BCUT2D eigenvalue weighted by atomic mass is 35.5. The van der Waals surface area contributed by atoms with E-state index in [1.54, 1.807) is 19.5 Å². The van der Waals surface area contributed by atoms with Crippen LogP contribution in [-0.4, -0.2) is 31.3 Å². The molecule has 1 N–H and O–H groups in total. The van der Waals surface area contributed by atoms with E-state index in [9.17, 15) is 0 Å². The van der Waals surface area contributed by atoms with E-state index in [4.69, 9.17) is 16.3 Å². The number of pyridine rings is 1. The Balaban J connectivity index is 2.49. The average molecular weight is 257 g/mol. The normalized spacial score (nSPS) is 14.6. The highest BCUT2D eigenvalue weighted by Gasteiger charge is 2.11. The molecule has 0 aliphatic heterocycles. The van der Waals surface area contributed by atoms with Gasteiger partial charge in [-0.1, -0.05) is 11.6 Å². The predicted octanol–water partition coefficient (Wildman–Crippen LogP) is 2.68. The van der Waals surface area contributed by atoms with Crippen molar-refractivity contribution in [1.29, 1.82) is 0 Å². The zero-order valence-corrected chi connectivity index (χ0v) is 11.5. The molecule has 3 nitrogen and oxygen atoms in total. The molecule has 96 valence electrons. The standard InChI is InChI=1S/C13H21ClN2O/c1-10(17-3)4-5-12(15-2)8-11-6-7-16-9-13(11)14/h6-7,9-10,12,15H,4-5,8H2,1-3H3. The van der Waals surface area contributed by atoms with Crippen molar-refractivity contribution in [3.8, 4) is 0 Å². The number of methoxy groups -OCH3 is 1. The third-order valence-electron chi connectivity index (χ3n) is 3.06. The molecule has 0 bridgehead atoms. The molecule has 4 heteroatoms. The van der Waals surface area contributed by atoms with Crippen LogP contribution in [-0.2, 0) is 11.2 Å². The van der Waals surface area contributed by atoms with Crippen LogP contribution in [0.2, 0.25) is 5.02 Å². The SMILES string of the molecule is CNC(CCC(C)OC)Cc1ccncc1Cl. The highest BCUT2D eigenvalue weighted by molar-refractivity contribution is 6.31. The Morgan fingerprint density at radius 3 is 2.82 bits per heavy atom. The molecule has 0 aromatic carbocycles.